The fraction of sp³-hybridized carbons (Fsp3) is 0.480. The number of carbonyl (C=O) groups is 4. The zero-order valence-corrected chi connectivity index (χ0v) is 19.4. The first-order valence-electron chi connectivity index (χ1n) is 11.7. The van der Waals surface area contributed by atoms with E-state index in [4.69, 9.17) is 0 Å². The number of amides is 2. The molecule has 5 atom stereocenters. The molecule has 0 saturated heterocycles. The maximum Gasteiger partial charge on any atom is 0.308 e. The van der Waals surface area contributed by atoms with E-state index < -0.39 is 29.9 Å². The minimum Gasteiger partial charge on any atom is -0.481 e. The topological polar surface area (TPSA) is 130 Å². The molecule has 2 amide bonds. The maximum absolute atomic E-state index is 13.4. The van der Waals surface area contributed by atoms with Gasteiger partial charge in [-0.15, -0.1) is 0 Å². The van der Waals surface area contributed by atoms with Crippen LogP contribution in [-0.4, -0.2) is 50.3 Å². The van der Waals surface area contributed by atoms with Crippen molar-refractivity contribution >= 4 is 23.6 Å². The van der Waals surface area contributed by atoms with Crippen LogP contribution in [0.4, 0.5) is 0 Å². The van der Waals surface area contributed by atoms with Crippen molar-refractivity contribution in [1.82, 2.24) is 20.2 Å². The summed E-state index contributed by atoms with van der Waals surface area (Å²) in [6.07, 6.45) is 6.74. The average Bonchev–Trinajstić information content (AvgIpc) is 3.16. The lowest BCUT2D eigenvalue weighted by Gasteiger charge is -2.34. The zero-order chi connectivity index (χ0) is 24.4. The van der Waals surface area contributed by atoms with Gasteiger partial charge < -0.3 is 20.3 Å². The van der Waals surface area contributed by atoms with Crippen molar-refractivity contribution in [2.45, 2.75) is 64.1 Å². The van der Waals surface area contributed by atoms with Crippen molar-refractivity contribution in [3.05, 3.63) is 53.6 Å². The van der Waals surface area contributed by atoms with Crippen LogP contribution < -0.4 is 10.6 Å². The maximum atomic E-state index is 13.4. The number of Topliss-reactive ketones (excluding diaryl/α,β-unsaturated/α-hetero) is 1. The van der Waals surface area contributed by atoms with Crippen LogP contribution in [0.15, 0.2) is 36.8 Å². The van der Waals surface area contributed by atoms with Crippen LogP contribution in [0.1, 0.15) is 60.6 Å². The first kappa shape index (κ1) is 23.7. The summed E-state index contributed by atoms with van der Waals surface area (Å²) < 4.78 is 1.86. The van der Waals surface area contributed by atoms with E-state index in [0.717, 1.165) is 11.3 Å². The lowest BCUT2D eigenvalue weighted by molar-refractivity contribution is -0.144. The second kappa shape index (κ2) is 9.79. The quantitative estimate of drug-likeness (QED) is 0.572. The number of aromatic nitrogens is 2. The number of ketones is 1. The van der Waals surface area contributed by atoms with Gasteiger partial charge in [0, 0.05) is 48.9 Å². The van der Waals surface area contributed by atoms with Crippen molar-refractivity contribution in [1.29, 1.82) is 0 Å². The highest BCUT2D eigenvalue weighted by Crippen LogP contribution is 2.38. The highest BCUT2D eigenvalue weighted by molar-refractivity contribution is 5.98. The Morgan fingerprint density at radius 2 is 1.97 bits per heavy atom. The number of pyridine rings is 1. The minimum absolute atomic E-state index is 0.0684. The molecule has 2 aromatic heterocycles. The number of carboxylic acids is 1. The van der Waals surface area contributed by atoms with Crippen molar-refractivity contribution in [2.75, 3.05) is 0 Å². The molecule has 0 spiro atoms. The van der Waals surface area contributed by atoms with E-state index in [1.165, 1.54) is 12.4 Å². The molecule has 0 bridgehead atoms. The zero-order valence-electron chi connectivity index (χ0n) is 19.4. The Morgan fingerprint density at radius 3 is 2.65 bits per heavy atom. The average molecular weight is 467 g/mol. The van der Waals surface area contributed by atoms with Gasteiger partial charge >= 0.3 is 5.97 Å². The van der Waals surface area contributed by atoms with E-state index in [0.29, 0.717) is 24.8 Å². The third-order valence-corrected chi connectivity index (χ3v) is 7.13. The van der Waals surface area contributed by atoms with E-state index >= 15 is 0 Å². The number of nitrogens with one attached hydrogen (secondary N) is 2. The van der Waals surface area contributed by atoms with Gasteiger partial charge in [-0.1, -0.05) is 20.3 Å². The number of carbonyl (C=O) groups excluding carboxylic acids is 3. The van der Waals surface area contributed by atoms with Gasteiger partial charge in [-0.3, -0.25) is 24.2 Å². The van der Waals surface area contributed by atoms with Crippen LogP contribution in [0.25, 0.3) is 0 Å². The molecule has 0 saturated carbocycles. The molecule has 2 aliphatic rings. The Labute approximate surface area is 197 Å². The van der Waals surface area contributed by atoms with E-state index in [2.05, 4.69) is 15.6 Å². The molecule has 1 aliphatic carbocycles. The van der Waals surface area contributed by atoms with E-state index in [-0.39, 0.29) is 36.5 Å². The van der Waals surface area contributed by atoms with Gasteiger partial charge in [0.2, 0.25) is 5.91 Å². The van der Waals surface area contributed by atoms with E-state index in [1.807, 2.05) is 30.7 Å². The summed E-state index contributed by atoms with van der Waals surface area (Å²) in [5, 5.41) is 15.4. The van der Waals surface area contributed by atoms with Gasteiger partial charge in [0.15, 0.2) is 0 Å². The fourth-order valence-corrected chi connectivity index (χ4v) is 5.02. The lowest BCUT2D eigenvalue weighted by atomic mass is 9.79. The lowest BCUT2D eigenvalue weighted by Crippen LogP contribution is -2.55. The second-order valence-electron chi connectivity index (χ2n) is 9.29. The van der Waals surface area contributed by atoms with Gasteiger partial charge in [0.25, 0.3) is 5.91 Å². The van der Waals surface area contributed by atoms with Gasteiger partial charge in [-0.05, 0) is 42.5 Å². The Morgan fingerprint density at radius 1 is 1.24 bits per heavy atom. The molecule has 3 unspecified atom stereocenters. The molecule has 34 heavy (non-hydrogen) atoms. The molecule has 2 aromatic rings. The largest absolute Gasteiger partial charge is 0.481 e. The highest BCUT2D eigenvalue weighted by atomic mass is 16.4. The molecule has 9 heteroatoms. The number of hydrogen-bond acceptors (Lipinski definition) is 5. The monoisotopic (exact) mass is 466 g/mol. The Bertz CT molecular complexity index is 1100. The summed E-state index contributed by atoms with van der Waals surface area (Å²) in [7, 11) is 0. The number of rotatable bonds is 7. The van der Waals surface area contributed by atoms with Crippen LogP contribution in [0.2, 0.25) is 0 Å². The Balaban J connectivity index is 1.56. The normalized spacial score (nSPS) is 23.2. The Hall–Kier alpha value is -3.49. The van der Waals surface area contributed by atoms with Crippen molar-refractivity contribution in [3.63, 3.8) is 0 Å². The minimum atomic E-state index is -0.995. The predicted octanol–water partition coefficient (Wildman–Crippen LogP) is 1.92. The summed E-state index contributed by atoms with van der Waals surface area (Å²) in [6, 6.07) is 3.88. The highest BCUT2D eigenvalue weighted by Gasteiger charge is 2.43. The number of aliphatic carboxylic acids is 1. The van der Waals surface area contributed by atoms with Crippen molar-refractivity contribution in [2.24, 2.45) is 11.8 Å². The summed E-state index contributed by atoms with van der Waals surface area (Å²) in [4.78, 5) is 55.0. The van der Waals surface area contributed by atoms with Gasteiger partial charge in [-0.2, -0.15) is 0 Å². The SMILES string of the molecule is CCC(C)C(NC(=O)c1ccncc1)C(=O)N[C@H]1CCc2ccn3c2C1C(=O)C[C@H](C(=O)O)C3. The van der Waals surface area contributed by atoms with Gasteiger partial charge in [-0.25, -0.2) is 0 Å². The molecular weight excluding hydrogens is 436 g/mol. The first-order valence-corrected chi connectivity index (χ1v) is 11.7. The van der Waals surface area contributed by atoms with Gasteiger partial charge in [0.1, 0.15) is 11.8 Å². The molecule has 3 heterocycles. The molecule has 1 aliphatic heterocycles. The molecule has 0 radical (unpaired) electrons. The van der Waals surface area contributed by atoms with Crippen molar-refractivity contribution < 1.29 is 24.3 Å². The molecule has 3 N–H and O–H groups in total. The van der Waals surface area contributed by atoms with Crippen LogP contribution in [-0.2, 0) is 27.3 Å². The number of aryl methyl sites for hydroxylation is 1. The molecule has 4 rings (SSSR count). The third kappa shape index (κ3) is 4.60. The van der Waals surface area contributed by atoms with E-state index in [9.17, 15) is 24.3 Å². The van der Waals surface area contributed by atoms with Crippen LogP contribution in [0.5, 0.6) is 0 Å². The van der Waals surface area contributed by atoms with Gasteiger partial charge in [0.05, 0.1) is 11.8 Å². The molecule has 9 nitrogen and oxygen atoms in total. The molecular formula is C25H30N4O5. The summed E-state index contributed by atoms with van der Waals surface area (Å²) >= 11 is 0. The summed E-state index contributed by atoms with van der Waals surface area (Å²) in [6.45, 7) is 4.09. The fourth-order valence-electron chi connectivity index (χ4n) is 5.02. The van der Waals surface area contributed by atoms with Crippen LogP contribution in [0.3, 0.4) is 0 Å². The summed E-state index contributed by atoms with van der Waals surface area (Å²) in [5.74, 6) is -3.38. The summed E-state index contributed by atoms with van der Waals surface area (Å²) in [5.41, 5.74) is 2.25. The molecule has 0 fully saturated rings. The van der Waals surface area contributed by atoms with Crippen molar-refractivity contribution in [3.8, 4) is 0 Å². The first-order chi connectivity index (χ1) is 16.3. The molecule has 180 valence electrons. The number of carboxylic acid groups (broad SMARTS) is 1. The third-order valence-electron chi connectivity index (χ3n) is 7.13. The smallest absolute Gasteiger partial charge is 0.308 e. The van der Waals surface area contributed by atoms with Crippen LogP contribution in [0, 0.1) is 11.8 Å². The number of hydrogen-bond donors (Lipinski definition) is 3. The molecule has 0 aromatic carbocycles. The predicted molar refractivity (Wildman–Crippen MR) is 123 cm³/mol. The van der Waals surface area contributed by atoms with E-state index in [1.54, 1.807) is 12.1 Å². The standard InChI is InChI=1S/C25H30N4O5/c1-3-14(2)21(28-23(31)16-6-9-26-10-7-16)24(32)27-18-5-4-15-8-11-29-13-17(25(33)34)12-19(30)20(18)22(15)29/h6-11,14,17-18,20-21H,3-5,12-13H2,1-2H3,(H,27,32)(H,28,31)(H,33,34)/t14?,17-,18-,20?,21?/m0/s1. The Kier molecular flexibility index (Phi) is 6.81. The second-order valence-corrected chi connectivity index (χ2v) is 9.29. The van der Waals surface area contributed by atoms with Crippen LogP contribution >= 0.6 is 0 Å². The number of nitrogens with zero attached hydrogens (tertiary/aromatic N) is 2.